The molecule has 0 aliphatic heterocycles. The lowest BCUT2D eigenvalue weighted by Gasteiger charge is -2.31. The van der Waals surface area contributed by atoms with Gasteiger partial charge >= 0.3 is 0 Å². The first-order chi connectivity index (χ1) is 15.4. The van der Waals surface area contributed by atoms with E-state index in [0.717, 1.165) is 39.2 Å². The van der Waals surface area contributed by atoms with Gasteiger partial charge < -0.3 is 10.2 Å². The second-order valence-corrected chi connectivity index (χ2v) is 10.7. The molecule has 2 aromatic carbocycles. The topological polar surface area (TPSA) is 86.8 Å². The Morgan fingerprint density at radius 2 is 1.82 bits per heavy atom. The molecule has 11 heteroatoms. The quantitative estimate of drug-likeness (QED) is 0.475. The highest BCUT2D eigenvalue weighted by atomic mass is 79.9. The average molecular weight is 563 g/mol. The Morgan fingerprint density at radius 3 is 2.36 bits per heavy atom. The van der Waals surface area contributed by atoms with Gasteiger partial charge in [0, 0.05) is 17.6 Å². The van der Waals surface area contributed by atoms with Crippen molar-refractivity contribution in [2.24, 2.45) is 0 Å². The average Bonchev–Trinajstić information content (AvgIpc) is 2.76. The molecule has 0 fully saturated rings. The van der Waals surface area contributed by atoms with E-state index in [1.807, 2.05) is 19.1 Å². The third-order valence-corrected chi connectivity index (χ3v) is 6.81. The maximum absolute atomic E-state index is 13.6. The van der Waals surface area contributed by atoms with E-state index in [1.165, 1.54) is 11.0 Å². The van der Waals surface area contributed by atoms with Crippen molar-refractivity contribution in [1.29, 1.82) is 0 Å². The Hall–Kier alpha value is -2.17. The first-order valence-corrected chi connectivity index (χ1v) is 13.2. The van der Waals surface area contributed by atoms with Crippen LogP contribution in [0.15, 0.2) is 46.9 Å². The summed E-state index contributed by atoms with van der Waals surface area (Å²) in [6.07, 6.45) is 1.67. The number of nitrogens with zero attached hydrogens (tertiary/aromatic N) is 2. The Balaban J connectivity index is 2.38. The number of hydrogen-bond donors (Lipinski definition) is 1. The summed E-state index contributed by atoms with van der Waals surface area (Å²) in [5.41, 5.74) is 0.807. The molecule has 2 rings (SSSR count). The predicted octanol–water partition coefficient (Wildman–Crippen LogP) is 3.95. The lowest BCUT2D eigenvalue weighted by molar-refractivity contribution is -0.139. The van der Waals surface area contributed by atoms with Crippen LogP contribution in [0.3, 0.4) is 0 Å². The molecule has 0 unspecified atom stereocenters. The van der Waals surface area contributed by atoms with E-state index in [2.05, 4.69) is 21.2 Å². The van der Waals surface area contributed by atoms with Crippen LogP contribution in [0.4, 0.5) is 10.1 Å². The molecule has 0 heterocycles. The molecule has 0 aromatic heterocycles. The van der Waals surface area contributed by atoms with Crippen LogP contribution in [0.2, 0.25) is 5.02 Å². The molecule has 0 saturated heterocycles. The fourth-order valence-corrected chi connectivity index (χ4v) is 4.30. The third kappa shape index (κ3) is 7.68. The zero-order valence-corrected chi connectivity index (χ0v) is 21.7. The fourth-order valence-electron chi connectivity index (χ4n) is 3.02. The van der Waals surface area contributed by atoms with Crippen molar-refractivity contribution in [2.75, 3.05) is 23.7 Å². The highest BCUT2D eigenvalue weighted by Gasteiger charge is 2.30. The molecule has 0 spiro atoms. The number of carbonyl (C=O) groups is 2. The number of hydrogen-bond acceptors (Lipinski definition) is 4. The number of anilines is 1. The zero-order valence-electron chi connectivity index (χ0n) is 18.5. The Morgan fingerprint density at radius 1 is 1.18 bits per heavy atom. The number of carbonyl (C=O) groups excluding carboxylic acids is 2. The Kier molecular flexibility index (Phi) is 9.69. The summed E-state index contributed by atoms with van der Waals surface area (Å²) in [6.45, 7) is 3.46. The molecule has 0 bridgehead atoms. The van der Waals surface area contributed by atoms with Crippen LogP contribution in [0.1, 0.15) is 25.8 Å². The van der Waals surface area contributed by atoms with E-state index in [0.29, 0.717) is 6.54 Å². The van der Waals surface area contributed by atoms with Gasteiger partial charge in [-0.1, -0.05) is 46.6 Å². The van der Waals surface area contributed by atoms with E-state index in [-0.39, 0.29) is 23.2 Å². The van der Waals surface area contributed by atoms with Gasteiger partial charge in [-0.3, -0.25) is 13.9 Å². The molecular weight excluding hydrogens is 537 g/mol. The zero-order chi connectivity index (χ0) is 24.8. The van der Waals surface area contributed by atoms with Gasteiger partial charge in [-0.15, -0.1) is 0 Å². The lowest BCUT2D eigenvalue weighted by atomic mass is 10.1. The van der Waals surface area contributed by atoms with Gasteiger partial charge in [0.25, 0.3) is 0 Å². The molecule has 1 N–H and O–H groups in total. The van der Waals surface area contributed by atoms with E-state index in [9.17, 15) is 22.4 Å². The fraction of sp³-hybridized carbons (Fsp3) is 0.364. The van der Waals surface area contributed by atoms with Crippen molar-refractivity contribution >= 4 is 55.1 Å². The summed E-state index contributed by atoms with van der Waals surface area (Å²) in [7, 11) is -3.92. The molecular formula is C22H26BrClFN3O4S. The molecule has 180 valence electrons. The van der Waals surface area contributed by atoms with Gasteiger partial charge in [0.2, 0.25) is 21.8 Å². The van der Waals surface area contributed by atoms with Gasteiger partial charge in [-0.25, -0.2) is 12.8 Å². The van der Waals surface area contributed by atoms with Crippen molar-refractivity contribution in [3.63, 3.8) is 0 Å². The summed E-state index contributed by atoms with van der Waals surface area (Å²) < 4.78 is 40.2. The van der Waals surface area contributed by atoms with E-state index in [1.54, 1.807) is 19.1 Å². The number of halogens is 3. The third-order valence-electron chi connectivity index (χ3n) is 4.85. The SMILES string of the molecule is CCCNC(=O)[C@H](C)N(Cc1ccc(Br)cc1)C(=O)CN(c1ccc(F)c(Cl)c1)S(C)(=O)=O. The Bertz CT molecular complexity index is 1100. The summed E-state index contributed by atoms with van der Waals surface area (Å²) >= 11 is 9.18. The normalized spacial score (nSPS) is 12.2. The van der Waals surface area contributed by atoms with Gasteiger partial charge in [-0.2, -0.15) is 0 Å². The molecule has 0 saturated carbocycles. The molecule has 33 heavy (non-hydrogen) atoms. The van der Waals surface area contributed by atoms with E-state index >= 15 is 0 Å². The summed E-state index contributed by atoms with van der Waals surface area (Å²) in [6, 6.07) is 9.76. The van der Waals surface area contributed by atoms with Crippen LogP contribution in [0, 0.1) is 5.82 Å². The molecule has 2 amide bonds. The van der Waals surface area contributed by atoms with Crippen LogP contribution in [-0.2, 0) is 26.2 Å². The monoisotopic (exact) mass is 561 g/mol. The molecule has 0 radical (unpaired) electrons. The minimum absolute atomic E-state index is 0.0453. The Labute approximate surface area is 207 Å². The minimum Gasteiger partial charge on any atom is -0.354 e. The van der Waals surface area contributed by atoms with Crippen molar-refractivity contribution < 1.29 is 22.4 Å². The smallest absolute Gasteiger partial charge is 0.244 e. The van der Waals surface area contributed by atoms with Crippen LogP contribution in [0.25, 0.3) is 0 Å². The second kappa shape index (κ2) is 11.8. The van der Waals surface area contributed by atoms with Crippen molar-refractivity contribution in [2.45, 2.75) is 32.9 Å². The van der Waals surface area contributed by atoms with Crippen molar-refractivity contribution in [1.82, 2.24) is 10.2 Å². The van der Waals surface area contributed by atoms with Crippen LogP contribution in [0.5, 0.6) is 0 Å². The van der Waals surface area contributed by atoms with Gasteiger partial charge in [0.1, 0.15) is 18.4 Å². The molecule has 1 atom stereocenters. The van der Waals surface area contributed by atoms with Crippen molar-refractivity contribution in [3.8, 4) is 0 Å². The van der Waals surface area contributed by atoms with E-state index in [4.69, 9.17) is 11.6 Å². The minimum atomic E-state index is -3.92. The van der Waals surface area contributed by atoms with Gasteiger partial charge in [0.15, 0.2) is 0 Å². The van der Waals surface area contributed by atoms with Crippen molar-refractivity contribution in [3.05, 3.63) is 63.3 Å². The highest BCUT2D eigenvalue weighted by molar-refractivity contribution is 9.10. The van der Waals surface area contributed by atoms with E-state index < -0.39 is 34.3 Å². The summed E-state index contributed by atoms with van der Waals surface area (Å²) in [5.74, 6) is -1.65. The number of benzene rings is 2. The second-order valence-electron chi connectivity index (χ2n) is 7.48. The number of sulfonamides is 1. The summed E-state index contributed by atoms with van der Waals surface area (Å²) in [5, 5.41) is 2.49. The van der Waals surface area contributed by atoms with Crippen LogP contribution < -0.4 is 9.62 Å². The number of rotatable bonds is 10. The largest absolute Gasteiger partial charge is 0.354 e. The highest BCUT2D eigenvalue weighted by Crippen LogP contribution is 2.25. The number of nitrogens with one attached hydrogen (secondary N) is 1. The molecule has 0 aliphatic carbocycles. The predicted molar refractivity (Wildman–Crippen MR) is 131 cm³/mol. The maximum atomic E-state index is 13.6. The summed E-state index contributed by atoms with van der Waals surface area (Å²) in [4.78, 5) is 27.3. The molecule has 2 aromatic rings. The first kappa shape index (κ1) is 27.1. The maximum Gasteiger partial charge on any atom is 0.244 e. The lowest BCUT2D eigenvalue weighted by Crippen LogP contribution is -2.51. The molecule has 7 nitrogen and oxygen atoms in total. The van der Waals surface area contributed by atoms with Gasteiger partial charge in [-0.05, 0) is 49.2 Å². The first-order valence-electron chi connectivity index (χ1n) is 10.2. The standard InChI is InChI=1S/C22H26BrClFN3O4S/c1-4-11-26-22(30)15(2)27(13-16-5-7-17(23)8-6-16)21(29)14-28(33(3,31)32)18-9-10-20(25)19(24)12-18/h5-10,12,15H,4,11,13-14H2,1-3H3,(H,26,30)/t15-/m0/s1. The molecule has 0 aliphatic rings. The number of amides is 2. The van der Waals surface area contributed by atoms with Crippen LogP contribution in [-0.4, -0.2) is 50.5 Å². The van der Waals surface area contributed by atoms with Crippen LogP contribution >= 0.6 is 27.5 Å². The van der Waals surface area contributed by atoms with Gasteiger partial charge in [0.05, 0.1) is 17.0 Å².